The van der Waals surface area contributed by atoms with Gasteiger partial charge < -0.3 is 10.2 Å². The van der Waals surface area contributed by atoms with E-state index in [2.05, 4.69) is 44.8 Å². The van der Waals surface area contributed by atoms with E-state index < -0.39 is 0 Å². The lowest BCUT2D eigenvalue weighted by molar-refractivity contribution is -0.136. The second-order valence-corrected chi connectivity index (χ2v) is 7.31. The van der Waals surface area contributed by atoms with Gasteiger partial charge in [0, 0.05) is 30.2 Å². The average molecular weight is 295 g/mol. The van der Waals surface area contributed by atoms with E-state index in [4.69, 9.17) is 0 Å². The molecule has 122 valence electrons. The number of piperidine rings is 1. The third-order valence-corrected chi connectivity index (χ3v) is 5.11. The Kier molecular flexibility index (Phi) is 5.67. The summed E-state index contributed by atoms with van der Waals surface area (Å²) in [5.41, 5.74) is 0. The summed E-state index contributed by atoms with van der Waals surface area (Å²) in [6.45, 7) is 12.2. The lowest BCUT2D eigenvalue weighted by Gasteiger charge is -2.39. The zero-order valence-electron chi connectivity index (χ0n) is 14.4. The summed E-state index contributed by atoms with van der Waals surface area (Å²) in [6.07, 6.45) is 5.05. The van der Waals surface area contributed by atoms with Crippen LogP contribution in [0.2, 0.25) is 0 Å². The van der Waals surface area contributed by atoms with Crippen molar-refractivity contribution in [3.63, 3.8) is 0 Å². The molecule has 4 nitrogen and oxygen atoms in total. The quantitative estimate of drug-likeness (QED) is 0.816. The van der Waals surface area contributed by atoms with Crippen molar-refractivity contribution in [2.24, 2.45) is 0 Å². The smallest absolute Gasteiger partial charge is 0.237 e. The van der Waals surface area contributed by atoms with Crippen LogP contribution in [0.15, 0.2) is 0 Å². The predicted octanol–water partition coefficient (Wildman–Crippen LogP) is 2.24. The minimum absolute atomic E-state index is 0.278. The number of rotatable bonds is 6. The van der Waals surface area contributed by atoms with Gasteiger partial charge >= 0.3 is 0 Å². The minimum Gasteiger partial charge on any atom is -0.337 e. The Balaban J connectivity index is 1.96. The van der Waals surface area contributed by atoms with E-state index in [0.717, 1.165) is 6.54 Å². The summed E-state index contributed by atoms with van der Waals surface area (Å²) >= 11 is 0. The Morgan fingerprint density at radius 2 is 1.62 bits per heavy atom. The monoisotopic (exact) mass is 295 g/mol. The molecule has 2 aliphatic rings. The third kappa shape index (κ3) is 3.98. The lowest BCUT2D eigenvalue weighted by atomic mass is 9.98. The van der Waals surface area contributed by atoms with E-state index in [0.29, 0.717) is 24.7 Å². The van der Waals surface area contributed by atoms with Crippen molar-refractivity contribution < 1.29 is 4.79 Å². The van der Waals surface area contributed by atoms with Gasteiger partial charge in [0.1, 0.15) is 0 Å². The van der Waals surface area contributed by atoms with Gasteiger partial charge in [0.25, 0.3) is 0 Å². The molecule has 0 saturated carbocycles. The van der Waals surface area contributed by atoms with Gasteiger partial charge in [0.15, 0.2) is 0 Å². The van der Waals surface area contributed by atoms with Crippen molar-refractivity contribution in [1.29, 1.82) is 0 Å². The van der Waals surface area contributed by atoms with Crippen LogP contribution in [0.3, 0.4) is 0 Å². The first-order chi connectivity index (χ1) is 9.92. The van der Waals surface area contributed by atoms with Gasteiger partial charge in [-0.3, -0.25) is 9.69 Å². The fraction of sp³-hybridized carbons (Fsp3) is 0.941. The largest absolute Gasteiger partial charge is 0.337 e. The number of carbonyl (C=O) groups excluding carboxylic acids is 1. The number of hydrogen-bond donors (Lipinski definition) is 1. The van der Waals surface area contributed by atoms with Crippen molar-refractivity contribution >= 4 is 5.91 Å². The van der Waals surface area contributed by atoms with E-state index in [1.165, 1.54) is 25.7 Å². The van der Waals surface area contributed by atoms with Gasteiger partial charge in [-0.2, -0.15) is 0 Å². The number of fused-ring (bicyclic) bond motifs is 2. The molecule has 21 heavy (non-hydrogen) atoms. The van der Waals surface area contributed by atoms with Gasteiger partial charge in [0.05, 0.1) is 6.54 Å². The standard InChI is InChI=1S/C17H33N3O/c1-6-19(11-17(21)20(12(2)3)13(4)5)16-9-14-7-8-15(10-16)18-14/h12-16,18H,6-11H2,1-5H3. The molecule has 1 amide bonds. The molecule has 0 aromatic rings. The lowest BCUT2D eigenvalue weighted by Crippen LogP contribution is -2.53. The highest BCUT2D eigenvalue weighted by atomic mass is 16.2. The molecule has 0 spiro atoms. The molecule has 0 radical (unpaired) electrons. The highest BCUT2D eigenvalue weighted by molar-refractivity contribution is 5.78. The van der Waals surface area contributed by atoms with Crippen molar-refractivity contribution in [2.45, 2.75) is 90.5 Å². The average Bonchev–Trinajstić information content (AvgIpc) is 2.73. The van der Waals surface area contributed by atoms with Gasteiger partial charge in [-0.05, 0) is 59.9 Å². The second-order valence-electron chi connectivity index (χ2n) is 7.31. The summed E-state index contributed by atoms with van der Waals surface area (Å²) < 4.78 is 0. The first kappa shape index (κ1) is 16.8. The van der Waals surface area contributed by atoms with Crippen molar-refractivity contribution in [3.8, 4) is 0 Å². The number of carbonyl (C=O) groups is 1. The number of hydrogen-bond acceptors (Lipinski definition) is 3. The maximum atomic E-state index is 12.7. The fourth-order valence-corrected chi connectivity index (χ4v) is 4.25. The molecule has 0 aromatic carbocycles. The number of likely N-dealkylation sites (N-methyl/N-ethyl adjacent to an activating group) is 1. The molecule has 2 rings (SSSR count). The van der Waals surface area contributed by atoms with Crippen molar-refractivity contribution in [1.82, 2.24) is 15.1 Å². The maximum absolute atomic E-state index is 12.7. The van der Waals surface area contributed by atoms with Crippen LogP contribution in [-0.4, -0.2) is 59.0 Å². The van der Waals surface area contributed by atoms with Gasteiger partial charge in [-0.15, -0.1) is 0 Å². The molecule has 2 bridgehead atoms. The minimum atomic E-state index is 0.278. The highest BCUT2D eigenvalue weighted by Crippen LogP contribution is 2.29. The molecule has 1 N–H and O–H groups in total. The number of nitrogens with zero attached hydrogens (tertiary/aromatic N) is 2. The van der Waals surface area contributed by atoms with Gasteiger partial charge in [-0.25, -0.2) is 0 Å². The molecule has 4 heteroatoms. The zero-order valence-corrected chi connectivity index (χ0v) is 14.4. The van der Waals surface area contributed by atoms with Crippen molar-refractivity contribution in [2.75, 3.05) is 13.1 Å². The molecule has 0 aliphatic carbocycles. The fourth-order valence-electron chi connectivity index (χ4n) is 4.25. The van der Waals surface area contributed by atoms with E-state index in [1.54, 1.807) is 0 Å². The Bertz CT molecular complexity index is 336. The Labute approximate surface area is 130 Å². The molecular formula is C17H33N3O. The van der Waals surface area contributed by atoms with E-state index in [9.17, 15) is 4.79 Å². The van der Waals surface area contributed by atoms with Crippen LogP contribution in [-0.2, 0) is 4.79 Å². The van der Waals surface area contributed by atoms with Gasteiger partial charge in [0.2, 0.25) is 5.91 Å². The number of nitrogens with one attached hydrogen (secondary N) is 1. The normalized spacial score (nSPS) is 28.7. The molecule has 2 fully saturated rings. The molecule has 2 saturated heterocycles. The molecular weight excluding hydrogens is 262 g/mol. The van der Waals surface area contributed by atoms with E-state index in [-0.39, 0.29) is 18.0 Å². The molecule has 0 aromatic heterocycles. The van der Waals surface area contributed by atoms with Crippen LogP contribution in [0.4, 0.5) is 0 Å². The zero-order chi connectivity index (χ0) is 15.6. The van der Waals surface area contributed by atoms with E-state index >= 15 is 0 Å². The first-order valence-corrected chi connectivity index (χ1v) is 8.73. The Morgan fingerprint density at radius 1 is 1.10 bits per heavy atom. The van der Waals surface area contributed by atoms with E-state index in [1.807, 2.05) is 4.90 Å². The van der Waals surface area contributed by atoms with Crippen LogP contribution >= 0.6 is 0 Å². The van der Waals surface area contributed by atoms with Gasteiger partial charge in [-0.1, -0.05) is 6.92 Å². The summed E-state index contributed by atoms with van der Waals surface area (Å²) in [5, 5.41) is 3.69. The summed E-state index contributed by atoms with van der Waals surface area (Å²) in [5.74, 6) is 0.285. The molecule has 2 aliphatic heterocycles. The Morgan fingerprint density at radius 3 is 2.05 bits per heavy atom. The highest BCUT2D eigenvalue weighted by Gasteiger charge is 2.36. The maximum Gasteiger partial charge on any atom is 0.237 e. The second kappa shape index (κ2) is 7.10. The van der Waals surface area contributed by atoms with Crippen LogP contribution in [0.1, 0.15) is 60.3 Å². The van der Waals surface area contributed by atoms with Crippen LogP contribution in [0.25, 0.3) is 0 Å². The topological polar surface area (TPSA) is 35.6 Å². The van der Waals surface area contributed by atoms with Crippen LogP contribution in [0.5, 0.6) is 0 Å². The molecule has 2 heterocycles. The summed E-state index contributed by atoms with van der Waals surface area (Å²) in [7, 11) is 0. The first-order valence-electron chi connectivity index (χ1n) is 8.73. The SMILES string of the molecule is CCN(CC(=O)N(C(C)C)C(C)C)C1CC2CCC(C1)N2. The van der Waals surface area contributed by atoms with Crippen molar-refractivity contribution in [3.05, 3.63) is 0 Å². The molecule has 2 unspecified atom stereocenters. The molecule has 2 atom stereocenters. The Hall–Kier alpha value is -0.610. The summed E-state index contributed by atoms with van der Waals surface area (Å²) in [4.78, 5) is 17.1. The van der Waals surface area contributed by atoms with Crippen LogP contribution in [0, 0.1) is 0 Å². The third-order valence-electron chi connectivity index (χ3n) is 5.11. The summed E-state index contributed by atoms with van der Waals surface area (Å²) in [6, 6.07) is 2.51. The van der Waals surface area contributed by atoms with Crippen LogP contribution < -0.4 is 5.32 Å². The number of amides is 1. The predicted molar refractivity (Wildman–Crippen MR) is 87.3 cm³/mol.